The van der Waals surface area contributed by atoms with Gasteiger partial charge in [-0.1, -0.05) is 6.07 Å². The van der Waals surface area contributed by atoms with E-state index < -0.39 is 12.0 Å². The number of hydrogen-bond donors (Lipinski definition) is 0. The molecule has 1 aliphatic heterocycles. The highest BCUT2D eigenvalue weighted by molar-refractivity contribution is 5.98. The number of carbonyl (C=O) groups excluding carboxylic acids is 2. The zero-order valence-electron chi connectivity index (χ0n) is 10.3. The SMILES string of the molecule is COC(=O)c1cccc(N2C(=O)COCC2C#N)c1. The van der Waals surface area contributed by atoms with Gasteiger partial charge in [-0.2, -0.15) is 5.26 Å². The first kappa shape index (κ1) is 13.1. The van der Waals surface area contributed by atoms with Gasteiger partial charge in [-0.25, -0.2) is 4.79 Å². The van der Waals surface area contributed by atoms with Crippen LogP contribution in [0.1, 0.15) is 10.4 Å². The van der Waals surface area contributed by atoms with Crippen molar-refractivity contribution in [2.75, 3.05) is 25.2 Å². The molecule has 1 fully saturated rings. The number of nitrogens with zero attached hydrogens (tertiary/aromatic N) is 2. The van der Waals surface area contributed by atoms with Gasteiger partial charge in [0.2, 0.25) is 0 Å². The minimum Gasteiger partial charge on any atom is -0.465 e. The van der Waals surface area contributed by atoms with E-state index in [4.69, 9.17) is 10.00 Å². The molecule has 0 N–H and O–H groups in total. The molecule has 0 spiro atoms. The maximum absolute atomic E-state index is 11.8. The summed E-state index contributed by atoms with van der Waals surface area (Å²) in [5, 5.41) is 9.05. The van der Waals surface area contributed by atoms with E-state index in [0.29, 0.717) is 11.3 Å². The van der Waals surface area contributed by atoms with Crippen molar-refractivity contribution < 1.29 is 19.1 Å². The van der Waals surface area contributed by atoms with Gasteiger partial charge < -0.3 is 9.47 Å². The van der Waals surface area contributed by atoms with Crippen molar-refractivity contribution in [2.45, 2.75) is 6.04 Å². The Kier molecular flexibility index (Phi) is 3.78. The molecule has 1 unspecified atom stereocenters. The monoisotopic (exact) mass is 260 g/mol. The molecule has 1 amide bonds. The van der Waals surface area contributed by atoms with Crippen molar-refractivity contribution in [3.8, 4) is 6.07 Å². The van der Waals surface area contributed by atoms with Gasteiger partial charge in [0.15, 0.2) is 0 Å². The molecule has 6 nitrogen and oxygen atoms in total. The van der Waals surface area contributed by atoms with E-state index in [-0.39, 0.29) is 19.1 Å². The third kappa shape index (κ3) is 2.56. The average molecular weight is 260 g/mol. The molecule has 98 valence electrons. The normalized spacial score (nSPS) is 18.8. The number of anilines is 1. The number of benzene rings is 1. The first-order valence-electron chi connectivity index (χ1n) is 5.65. The molecule has 0 radical (unpaired) electrons. The number of esters is 1. The Morgan fingerprint density at radius 1 is 1.58 bits per heavy atom. The van der Waals surface area contributed by atoms with Crippen molar-refractivity contribution in [1.82, 2.24) is 0 Å². The van der Waals surface area contributed by atoms with Gasteiger partial charge in [0.1, 0.15) is 12.6 Å². The summed E-state index contributed by atoms with van der Waals surface area (Å²) in [7, 11) is 1.28. The largest absolute Gasteiger partial charge is 0.465 e. The van der Waals surface area contributed by atoms with Crippen LogP contribution in [0.2, 0.25) is 0 Å². The summed E-state index contributed by atoms with van der Waals surface area (Å²) in [5.41, 5.74) is 0.818. The average Bonchev–Trinajstić information content (AvgIpc) is 2.46. The minimum atomic E-state index is -0.686. The third-order valence-corrected chi connectivity index (χ3v) is 2.78. The summed E-state index contributed by atoms with van der Waals surface area (Å²) in [5.74, 6) is -0.795. The lowest BCUT2D eigenvalue weighted by Gasteiger charge is -2.31. The van der Waals surface area contributed by atoms with E-state index in [0.717, 1.165) is 0 Å². The molecular weight excluding hydrogens is 248 g/mol. The van der Waals surface area contributed by atoms with Gasteiger partial charge in [0.25, 0.3) is 5.91 Å². The van der Waals surface area contributed by atoms with Crippen molar-refractivity contribution in [2.24, 2.45) is 0 Å². The van der Waals surface area contributed by atoms with E-state index in [1.165, 1.54) is 18.1 Å². The number of morpholine rings is 1. The smallest absolute Gasteiger partial charge is 0.337 e. The van der Waals surface area contributed by atoms with Crippen LogP contribution in [0.15, 0.2) is 24.3 Å². The lowest BCUT2D eigenvalue weighted by Crippen LogP contribution is -2.49. The fourth-order valence-electron chi connectivity index (χ4n) is 1.90. The van der Waals surface area contributed by atoms with E-state index in [9.17, 15) is 9.59 Å². The summed E-state index contributed by atoms with van der Waals surface area (Å²) in [6, 6.07) is 7.74. The Labute approximate surface area is 110 Å². The van der Waals surface area contributed by atoms with Crippen molar-refractivity contribution >= 4 is 17.6 Å². The maximum Gasteiger partial charge on any atom is 0.337 e. The molecular formula is C13H12N2O4. The van der Waals surface area contributed by atoms with Gasteiger partial charge in [0.05, 0.1) is 25.3 Å². The summed E-state index contributed by atoms with van der Waals surface area (Å²) in [6.45, 7) is 0.0886. The van der Waals surface area contributed by atoms with Crippen LogP contribution in [-0.4, -0.2) is 38.2 Å². The summed E-state index contributed by atoms with van der Waals surface area (Å²) in [4.78, 5) is 24.7. The third-order valence-electron chi connectivity index (χ3n) is 2.78. The maximum atomic E-state index is 11.8. The van der Waals surface area contributed by atoms with Crippen LogP contribution in [0.25, 0.3) is 0 Å². The zero-order valence-corrected chi connectivity index (χ0v) is 10.3. The lowest BCUT2D eigenvalue weighted by atomic mass is 10.1. The van der Waals surface area contributed by atoms with Crippen LogP contribution in [-0.2, 0) is 14.3 Å². The molecule has 1 heterocycles. The Bertz CT molecular complexity index is 550. The molecule has 0 aliphatic carbocycles. The van der Waals surface area contributed by atoms with Crippen molar-refractivity contribution in [3.05, 3.63) is 29.8 Å². The molecule has 1 aromatic rings. The van der Waals surface area contributed by atoms with Crippen LogP contribution < -0.4 is 4.90 Å². The Balaban J connectivity index is 2.37. The van der Waals surface area contributed by atoms with Crippen LogP contribution in [0.5, 0.6) is 0 Å². The molecule has 1 atom stereocenters. The standard InChI is InChI=1S/C13H12N2O4/c1-18-13(17)9-3-2-4-10(5-9)15-11(6-14)7-19-8-12(15)16/h2-5,11H,7-8H2,1H3. The van der Waals surface area contributed by atoms with E-state index in [2.05, 4.69) is 4.74 Å². The molecule has 0 saturated carbocycles. The van der Waals surface area contributed by atoms with Crippen molar-refractivity contribution in [1.29, 1.82) is 5.26 Å². The number of carbonyl (C=O) groups is 2. The highest BCUT2D eigenvalue weighted by atomic mass is 16.5. The molecule has 1 aromatic carbocycles. The zero-order chi connectivity index (χ0) is 13.8. The quantitative estimate of drug-likeness (QED) is 0.732. The van der Waals surface area contributed by atoms with Gasteiger partial charge >= 0.3 is 5.97 Å². The lowest BCUT2D eigenvalue weighted by molar-refractivity contribution is -0.126. The molecule has 1 aliphatic rings. The Morgan fingerprint density at radius 2 is 2.37 bits per heavy atom. The predicted octanol–water partition coefficient (Wildman–Crippen LogP) is 0.729. The predicted molar refractivity (Wildman–Crippen MR) is 65.5 cm³/mol. The number of rotatable bonds is 2. The number of hydrogen-bond acceptors (Lipinski definition) is 5. The van der Waals surface area contributed by atoms with Crippen LogP contribution in [0.4, 0.5) is 5.69 Å². The van der Waals surface area contributed by atoms with Gasteiger partial charge in [-0.3, -0.25) is 9.69 Å². The second kappa shape index (κ2) is 5.50. The highest BCUT2D eigenvalue weighted by Gasteiger charge is 2.30. The molecule has 1 saturated heterocycles. The summed E-state index contributed by atoms with van der Waals surface area (Å²) < 4.78 is 9.66. The molecule has 19 heavy (non-hydrogen) atoms. The topological polar surface area (TPSA) is 79.6 Å². The molecule has 0 bridgehead atoms. The van der Waals surface area contributed by atoms with Gasteiger partial charge in [0, 0.05) is 5.69 Å². The summed E-state index contributed by atoms with van der Waals surface area (Å²) in [6.07, 6.45) is 0. The number of nitriles is 1. The van der Waals surface area contributed by atoms with Crippen LogP contribution in [0.3, 0.4) is 0 Å². The second-order valence-corrected chi connectivity index (χ2v) is 3.97. The fourth-order valence-corrected chi connectivity index (χ4v) is 1.90. The molecule has 2 rings (SSSR count). The van der Waals surface area contributed by atoms with Crippen molar-refractivity contribution in [3.63, 3.8) is 0 Å². The highest BCUT2D eigenvalue weighted by Crippen LogP contribution is 2.22. The van der Waals surface area contributed by atoms with E-state index in [1.54, 1.807) is 18.2 Å². The van der Waals surface area contributed by atoms with E-state index >= 15 is 0 Å². The van der Waals surface area contributed by atoms with Crippen LogP contribution >= 0.6 is 0 Å². The second-order valence-electron chi connectivity index (χ2n) is 3.97. The number of methoxy groups -OCH3 is 1. The number of ether oxygens (including phenoxy) is 2. The van der Waals surface area contributed by atoms with E-state index in [1.807, 2.05) is 6.07 Å². The Morgan fingerprint density at radius 3 is 3.05 bits per heavy atom. The van der Waals surface area contributed by atoms with Crippen LogP contribution in [0, 0.1) is 11.3 Å². The fraction of sp³-hybridized carbons (Fsp3) is 0.308. The number of amides is 1. The summed E-state index contributed by atoms with van der Waals surface area (Å²) >= 11 is 0. The first-order chi connectivity index (χ1) is 9.17. The molecule has 6 heteroatoms. The van der Waals surface area contributed by atoms with Gasteiger partial charge in [-0.15, -0.1) is 0 Å². The molecule has 0 aromatic heterocycles. The first-order valence-corrected chi connectivity index (χ1v) is 5.65. The minimum absolute atomic E-state index is 0.0688. The van der Waals surface area contributed by atoms with Gasteiger partial charge in [-0.05, 0) is 18.2 Å². The Hall–Kier alpha value is -2.39.